The molecule has 1 saturated carbocycles. The molecule has 1 aliphatic carbocycles. The molecule has 1 amide bonds. The van der Waals surface area contributed by atoms with Crippen molar-refractivity contribution >= 4 is 5.91 Å². The highest BCUT2D eigenvalue weighted by Crippen LogP contribution is 2.38. The Morgan fingerprint density at radius 2 is 2.27 bits per heavy atom. The summed E-state index contributed by atoms with van der Waals surface area (Å²) in [6, 6.07) is 0. The maximum atomic E-state index is 11.6. The summed E-state index contributed by atoms with van der Waals surface area (Å²) < 4.78 is 5.28. The second-order valence-electron chi connectivity index (χ2n) is 4.61. The SMILES string of the molecule is CNC(=O)C1CCC(COC)(N(C)C)C1. The highest BCUT2D eigenvalue weighted by Gasteiger charge is 2.43. The Labute approximate surface area is 92.0 Å². The van der Waals surface area contributed by atoms with Crippen LogP contribution in [0.4, 0.5) is 0 Å². The minimum atomic E-state index is 0.0475. The number of ether oxygens (including phenoxy) is 1. The number of nitrogens with one attached hydrogen (secondary N) is 1. The van der Waals surface area contributed by atoms with Crippen molar-refractivity contribution in [1.82, 2.24) is 10.2 Å². The first-order valence-corrected chi connectivity index (χ1v) is 5.43. The van der Waals surface area contributed by atoms with Crippen LogP contribution in [0.15, 0.2) is 0 Å². The van der Waals surface area contributed by atoms with Gasteiger partial charge in [-0.3, -0.25) is 4.79 Å². The van der Waals surface area contributed by atoms with Gasteiger partial charge in [-0.1, -0.05) is 0 Å². The van der Waals surface area contributed by atoms with Crippen LogP contribution in [0.2, 0.25) is 0 Å². The molecular formula is C11H22N2O2. The molecule has 4 nitrogen and oxygen atoms in total. The van der Waals surface area contributed by atoms with Gasteiger partial charge in [0.1, 0.15) is 0 Å². The van der Waals surface area contributed by atoms with Crippen LogP contribution >= 0.6 is 0 Å². The van der Waals surface area contributed by atoms with Gasteiger partial charge in [-0.05, 0) is 33.4 Å². The summed E-state index contributed by atoms with van der Waals surface area (Å²) in [7, 11) is 7.54. The number of carbonyl (C=O) groups is 1. The molecule has 0 saturated heterocycles. The van der Waals surface area contributed by atoms with E-state index in [1.165, 1.54) is 0 Å². The summed E-state index contributed by atoms with van der Waals surface area (Å²) >= 11 is 0. The molecule has 2 atom stereocenters. The van der Waals surface area contributed by atoms with Gasteiger partial charge in [0.2, 0.25) is 5.91 Å². The monoisotopic (exact) mass is 214 g/mol. The second kappa shape index (κ2) is 4.94. The van der Waals surface area contributed by atoms with Crippen LogP contribution in [0.5, 0.6) is 0 Å². The molecule has 88 valence electrons. The third-order valence-electron chi connectivity index (χ3n) is 3.56. The summed E-state index contributed by atoms with van der Waals surface area (Å²) in [6.45, 7) is 0.702. The molecule has 0 aromatic heterocycles. The fourth-order valence-corrected chi connectivity index (χ4v) is 2.47. The average Bonchev–Trinajstić information content (AvgIpc) is 2.63. The van der Waals surface area contributed by atoms with Gasteiger partial charge in [0.05, 0.1) is 6.61 Å². The Balaban J connectivity index is 2.67. The minimum absolute atomic E-state index is 0.0475. The maximum Gasteiger partial charge on any atom is 0.222 e. The van der Waals surface area contributed by atoms with Crippen molar-refractivity contribution in [2.45, 2.75) is 24.8 Å². The first-order valence-electron chi connectivity index (χ1n) is 5.43. The van der Waals surface area contributed by atoms with Crippen LogP contribution in [0.1, 0.15) is 19.3 Å². The van der Waals surface area contributed by atoms with E-state index in [-0.39, 0.29) is 17.4 Å². The van der Waals surface area contributed by atoms with E-state index >= 15 is 0 Å². The quantitative estimate of drug-likeness (QED) is 0.740. The summed E-state index contributed by atoms with van der Waals surface area (Å²) in [4.78, 5) is 13.8. The Kier molecular flexibility index (Phi) is 4.11. The van der Waals surface area contributed by atoms with Crippen LogP contribution in [-0.2, 0) is 9.53 Å². The van der Waals surface area contributed by atoms with E-state index in [2.05, 4.69) is 24.3 Å². The minimum Gasteiger partial charge on any atom is -0.383 e. The van der Waals surface area contributed by atoms with E-state index in [4.69, 9.17) is 4.74 Å². The highest BCUT2D eigenvalue weighted by molar-refractivity contribution is 5.78. The number of amides is 1. The molecule has 0 radical (unpaired) electrons. The Morgan fingerprint density at radius 1 is 1.60 bits per heavy atom. The average molecular weight is 214 g/mol. The first-order chi connectivity index (χ1) is 7.05. The topological polar surface area (TPSA) is 41.6 Å². The molecule has 15 heavy (non-hydrogen) atoms. The van der Waals surface area contributed by atoms with Crippen LogP contribution in [0.3, 0.4) is 0 Å². The number of methoxy groups -OCH3 is 1. The standard InChI is InChI=1S/C11H22N2O2/c1-12-10(14)9-5-6-11(7-9,8-15-4)13(2)3/h9H,5-8H2,1-4H3,(H,12,14). The number of nitrogens with zero attached hydrogens (tertiary/aromatic N) is 1. The van der Waals surface area contributed by atoms with Gasteiger partial charge in [0, 0.05) is 25.6 Å². The largest absolute Gasteiger partial charge is 0.383 e. The highest BCUT2D eigenvalue weighted by atomic mass is 16.5. The Bertz CT molecular complexity index is 231. The predicted molar refractivity (Wildman–Crippen MR) is 59.7 cm³/mol. The molecule has 1 fully saturated rings. The Morgan fingerprint density at radius 3 is 2.73 bits per heavy atom. The van der Waals surface area contributed by atoms with Crippen LogP contribution < -0.4 is 5.32 Å². The number of rotatable bonds is 4. The Hall–Kier alpha value is -0.610. The lowest BCUT2D eigenvalue weighted by Gasteiger charge is -2.35. The molecule has 0 bridgehead atoms. The van der Waals surface area contributed by atoms with Crippen molar-refractivity contribution in [2.75, 3.05) is 34.9 Å². The van der Waals surface area contributed by atoms with Crippen LogP contribution in [-0.4, -0.2) is 51.2 Å². The first kappa shape index (κ1) is 12.5. The van der Waals surface area contributed by atoms with Crippen LogP contribution in [0, 0.1) is 5.92 Å². The lowest BCUT2D eigenvalue weighted by molar-refractivity contribution is -0.124. The van der Waals surface area contributed by atoms with Crippen molar-refractivity contribution in [1.29, 1.82) is 0 Å². The van der Waals surface area contributed by atoms with Crippen LogP contribution in [0.25, 0.3) is 0 Å². The molecule has 0 aromatic rings. The summed E-state index contributed by atoms with van der Waals surface area (Å²) in [5.41, 5.74) is 0.0475. The lowest BCUT2D eigenvalue weighted by Crippen LogP contribution is -2.46. The number of likely N-dealkylation sites (N-methyl/N-ethyl adjacent to an activating group) is 1. The van der Waals surface area contributed by atoms with Crippen molar-refractivity contribution < 1.29 is 9.53 Å². The van der Waals surface area contributed by atoms with Crippen molar-refractivity contribution in [2.24, 2.45) is 5.92 Å². The number of hydrogen-bond donors (Lipinski definition) is 1. The molecular weight excluding hydrogens is 192 g/mol. The zero-order chi connectivity index (χ0) is 11.5. The fraction of sp³-hybridized carbons (Fsp3) is 0.909. The lowest BCUT2D eigenvalue weighted by atomic mass is 9.95. The van der Waals surface area contributed by atoms with Gasteiger partial charge >= 0.3 is 0 Å². The van der Waals surface area contributed by atoms with Crippen molar-refractivity contribution in [3.05, 3.63) is 0 Å². The predicted octanol–water partition coefficient (Wildman–Crippen LogP) is 0.479. The van der Waals surface area contributed by atoms with Gasteiger partial charge < -0.3 is 15.0 Å². The molecule has 0 heterocycles. The van der Waals surface area contributed by atoms with Gasteiger partial charge in [-0.2, -0.15) is 0 Å². The molecule has 0 spiro atoms. The summed E-state index contributed by atoms with van der Waals surface area (Å²) in [5, 5.41) is 2.73. The second-order valence-corrected chi connectivity index (χ2v) is 4.61. The van der Waals surface area contributed by atoms with E-state index in [9.17, 15) is 4.79 Å². The summed E-state index contributed by atoms with van der Waals surface area (Å²) in [6.07, 6.45) is 2.89. The van der Waals surface area contributed by atoms with Gasteiger partial charge in [-0.25, -0.2) is 0 Å². The third kappa shape index (κ3) is 2.49. The molecule has 1 N–H and O–H groups in total. The summed E-state index contributed by atoms with van der Waals surface area (Å²) in [5.74, 6) is 0.308. The van der Waals surface area contributed by atoms with E-state index in [1.807, 2.05) is 0 Å². The fourth-order valence-electron chi connectivity index (χ4n) is 2.47. The maximum absolute atomic E-state index is 11.6. The number of hydrogen-bond acceptors (Lipinski definition) is 3. The molecule has 1 aliphatic rings. The number of carbonyl (C=O) groups excluding carboxylic acids is 1. The molecule has 1 rings (SSSR count). The van der Waals surface area contributed by atoms with Gasteiger partial charge in [0.25, 0.3) is 0 Å². The molecule has 0 aliphatic heterocycles. The van der Waals surface area contributed by atoms with Gasteiger partial charge in [0.15, 0.2) is 0 Å². The van der Waals surface area contributed by atoms with Crippen molar-refractivity contribution in [3.63, 3.8) is 0 Å². The third-order valence-corrected chi connectivity index (χ3v) is 3.56. The zero-order valence-electron chi connectivity index (χ0n) is 10.2. The van der Waals surface area contributed by atoms with E-state index < -0.39 is 0 Å². The van der Waals surface area contributed by atoms with Gasteiger partial charge in [-0.15, -0.1) is 0 Å². The van der Waals surface area contributed by atoms with E-state index in [1.54, 1.807) is 14.2 Å². The molecule has 0 aromatic carbocycles. The molecule has 2 unspecified atom stereocenters. The van der Waals surface area contributed by atoms with Crippen molar-refractivity contribution in [3.8, 4) is 0 Å². The smallest absolute Gasteiger partial charge is 0.222 e. The zero-order valence-corrected chi connectivity index (χ0v) is 10.2. The van der Waals surface area contributed by atoms with E-state index in [0.29, 0.717) is 6.61 Å². The molecule has 4 heteroatoms. The normalized spacial score (nSPS) is 30.9. The van der Waals surface area contributed by atoms with E-state index in [0.717, 1.165) is 19.3 Å².